The number of ketones is 1. The number of aliphatic carboxylic acids is 1. The molecule has 0 aliphatic heterocycles. The molecule has 0 aromatic carbocycles. The standard InChI is InChI=1S/C12H20N2O4S/c1-7(2)4-9(12(18)13-6-11(16)17)14-10(19)5-8(3)15/h7,9H,4-6H2,1-3H3,(H,13,18)(H,14,19)(H,16,17)/t9-/m0/s1. The SMILES string of the molecule is CC(=O)CC(=S)N[C@@H](CC(C)C)C(=O)NCC(=O)O. The maximum atomic E-state index is 11.8. The lowest BCUT2D eigenvalue weighted by molar-refractivity contribution is -0.138. The zero-order chi connectivity index (χ0) is 15.0. The van der Waals surface area contributed by atoms with E-state index in [4.69, 9.17) is 17.3 Å². The quantitative estimate of drug-likeness (QED) is 0.563. The van der Waals surface area contributed by atoms with Gasteiger partial charge in [-0.3, -0.25) is 14.4 Å². The predicted octanol–water partition coefficient (Wildman–Crippen LogP) is 0.498. The lowest BCUT2D eigenvalue weighted by atomic mass is 10.0. The maximum Gasteiger partial charge on any atom is 0.322 e. The summed E-state index contributed by atoms with van der Waals surface area (Å²) >= 11 is 4.99. The van der Waals surface area contributed by atoms with Crippen molar-refractivity contribution in [3.05, 3.63) is 0 Å². The van der Waals surface area contributed by atoms with Crippen LogP contribution >= 0.6 is 12.2 Å². The van der Waals surface area contributed by atoms with Gasteiger partial charge in [0, 0.05) is 0 Å². The normalized spacial score (nSPS) is 11.8. The summed E-state index contributed by atoms with van der Waals surface area (Å²) in [5, 5.41) is 13.6. The van der Waals surface area contributed by atoms with Crippen LogP contribution < -0.4 is 10.6 Å². The molecule has 0 radical (unpaired) electrons. The molecule has 7 heteroatoms. The van der Waals surface area contributed by atoms with E-state index >= 15 is 0 Å². The fourth-order valence-electron chi connectivity index (χ4n) is 1.46. The van der Waals surface area contributed by atoms with Crippen LogP contribution in [0.4, 0.5) is 0 Å². The van der Waals surface area contributed by atoms with Crippen LogP contribution in [0, 0.1) is 5.92 Å². The molecule has 0 rings (SSSR count). The Morgan fingerprint density at radius 2 is 1.84 bits per heavy atom. The number of carboxylic acids is 1. The third-order valence-electron chi connectivity index (χ3n) is 2.18. The number of carbonyl (C=O) groups excluding carboxylic acids is 2. The Morgan fingerprint density at radius 1 is 1.26 bits per heavy atom. The molecule has 0 bridgehead atoms. The van der Waals surface area contributed by atoms with Crippen molar-refractivity contribution in [1.82, 2.24) is 10.6 Å². The van der Waals surface area contributed by atoms with E-state index in [0.29, 0.717) is 11.4 Å². The van der Waals surface area contributed by atoms with Crippen LogP contribution in [0.25, 0.3) is 0 Å². The summed E-state index contributed by atoms with van der Waals surface area (Å²) in [4.78, 5) is 33.5. The molecule has 0 aliphatic rings. The van der Waals surface area contributed by atoms with Crippen molar-refractivity contribution in [2.45, 2.75) is 39.7 Å². The Kier molecular flexibility index (Phi) is 7.90. The summed E-state index contributed by atoms with van der Waals surface area (Å²) < 4.78 is 0. The van der Waals surface area contributed by atoms with Gasteiger partial charge in [0.25, 0.3) is 0 Å². The van der Waals surface area contributed by atoms with E-state index in [9.17, 15) is 14.4 Å². The number of carboxylic acid groups (broad SMARTS) is 1. The lowest BCUT2D eigenvalue weighted by Gasteiger charge is -2.20. The Hall–Kier alpha value is -1.50. The van der Waals surface area contributed by atoms with E-state index in [2.05, 4.69) is 10.6 Å². The van der Waals surface area contributed by atoms with Crippen LogP contribution in [-0.2, 0) is 14.4 Å². The van der Waals surface area contributed by atoms with Gasteiger partial charge in [-0.05, 0) is 19.3 Å². The highest BCUT2D eigenvalue weighted by Gasteiger charge is 2.21. The third kappa shape index (κ3) is 9.12. The topological polar surface area (TPSA) is 95.5 Å². The van der Waals surface area contributed by atoms with Gasteiger partial charge in [0.05, 0.1) is 11.4 Å². The summed E-state index contributed by atoms with van der Waals surface area (Å²) in [5.74, 6) is -1.40. The van der Waals surface area contributed by atoms with Crippen LogP contribution in [0.15, 0.2) is 0 Å². The van der Waals surface area contributed by atoms with Crippen molar-refractivity contribution in [3.8, 4) is 0 Å². The van der Waals surface area contributed by atoms with Gasteiger partial charge in [-0.2, -0.15) is 0 Å². The van der Waals surface area contributed by atoms with Crippen LogP contribution in [0.3, 0.4) is 0 Å². The molecule has 0 saturated carbocycles. The van der Waals surface area contributed by atoms with Gasteiger partial charge in [-0.1, -0.05) is 26.1 Å². The second-order valence-electron chi connectivity index (χ2n) is 4.74. The number of carbonyl (C=O) groups is 3. The number of thiocarbonyl (C=S) groups is 1. The molecule has 0 heterocycles. The smallest absolute Gasteiger partial charge is 0.322 e. The van der Waals surface area contributed by atoms with E-state index in [-0.39, 0.29) is 18.1 Å². The van der Waals surface area contributed by atoms with E-state index in [1.54, 1.807) is 0 Å². The first-order valence-corrected chi connectivity index (χ1v) is 6.41. The fraction of sp³-hybridized carbons (Fsp3) is 0.667. The zero-order valence-electron chi connectivity index (χ0n) is 11.4. The minimum atomic E-state index is -1.11. The van der Waals surface area contributed by atoms with Gasteiger partial charge in [0.1, 0.15) is 18.4 Å². The first-order chi connectivity index (χ1) is 8.72. The summed E-state index contributed by atoms with van der Waals surface area (Å²) in [5.41, 5.74) is 0. The molecule has 3 N–H and O–H groups in total. The molecular weight excluding hydrogens is 268 g/mol. The third-order valence-corrected chi connectivity index (χ3v) is 2.44. The van der Waals surface area contributed by atoms with Crippen molar-refractivity contribution >= 4 is 34.9 Å². The van der Waals surface area contributed by atoms with Crippen molar-refractivity contribution in [2.75, 3.05) is 6.54 Å². The van der Waals surface area contributed by atoms with Crippen LogP contribution in [0.1, 0.15) is 33.6 Å². The highest BCUT2D eigenvalue weighted by Crippen LogP contribution is 2.05. The summed E-state index contributed by atoms with van der Waals surface area (Å²) in [7, 11) is 0. The van der Waals surface area contributed by atoms with Gasteiger partial charge in [0.15, 0.2) is 0 Å². The summed E-state index contributed by atoms with van der Waals surface area (Å²) in [6, 6.07) is -0.619. The first-order valence-electron chi connectivity index (χ1n) is 6.00. The molecular formula is C12H20N2O4S. The van der Waals surface area contributed by atoms with Crippen LogP contribution in [0.2, 0.25) is 0 Å². The molecule has 0 aliphatic carbocycles. The average molecular weight is 288 g/mol. The van der Waals surface area contributed by atoms with E-state index in [1.807, 2.05) is 13.8 Å². The molecule has 1 amide bonds. The number of hydrogen-bond donors (Lipinski definition) is 3. The fourth-order valence-corrected chi connectivity index (χ4v) is 1.81. The highest BCUT2D eigenvalue weighted by molar-refractivity contribution is 7.80. The molecule has 0 aromatic heterocycles. The molecule has 0 spiro atoms. The number of nitrogens with one attached hydrogen (secondary N) is 2. The van der Waals surface area contributed by atoms with E-state index in [0.717, 1.165) is 0 Å². The zero-order valence-corrected chi connectivity index (χ0v) is 12.2. The Labute approximate surface area is 117 Å². The minimum absolute atomic E-state index is 0.0795. The monoisotopic (exact) mass is 288 g/mol. The number of hydrogen-bond acceptors (Lipinski definition) is 4. The number of Topliss-reactive ketones (excluding diaryl/α,β-unsaturated/α-hetero) is 1. The molecule has 1 atom stereocenters. The van der Waals surface area contributed by atoms with Gasteiger partial charge < -0.3 is 15.7 Å². The number of rotatable bonds is 8. The average Bonchev–Trinajstić information content (AvgIpc) is 2.22. The Bertz CT molecular complexity index is 369. The maximum absolute atomic E-state index is 11.8. The van der Waals surface area contributed by atoms with Gasteiger partial charge in [-0.15, -0.1) is 0 Å². The molecule has 0 fully saturated rings. The van der Waals surface area contributed by atoms with Gasteiger partial charge in [-0.25, -0.2) is 0 Å². The molecule has 0 aromatic rings. The molecule has 108 valence electrons. The Morgan fingerprint density at radius 3 is 2.26 bits per heavy atom. The van der Waals surface area contributed by atoms with Crippen LogP contribution in [-0.4, -0.2) is 40.3 Å². The van der Waals surface area contributed by atoms with E-state index < -0.39 is 24.5 Å². The second-order valence-corrected chi connectivity index (χ2v) is 5.23. The second kappa shape index (κ2) is 8.58. The molecule has 0 unspecified atom stereocenters. The van der Waals surface area contributed by atoms with Crippen molar-refractivity contribution in [3.63, 3.8) is 0 Å². The summed E-state index contributed by atoms with van der Waals surface area (Å²) in [6.07, 6.45) is 0.583. The number of amides is 1. The van der Waals surface area contributed by atoms with Gasteiger partial charge >= 0.3 is 5.97 Å². The minimum Gasteiger partial charge on any atom is -0.480 e. The Balaban J connectivity index is 4.52. The largest absolute Gasteiger partial charge is 0.480 e. The highest BCUT2D eigenvalue weighted by atomic mass is 32.1. The first kappa shape index (κ1) is 17.5. The van der Waals surface area contributed by atoms with E-state index in [1.165, 1.54) is 6.92 Å². The molecule has 6 nitrogen and oxygen atoms in total. The van der Waals surface area contributed by atoms with Crippen LogP contribution in [0.5, 0.6) is 0 Å². The molecule has 19 heavy (non-hydrogen) atoms. The van der Waals surface area contributed by atoms with Crippen molar-refractivity contribution in [1.29, 1.82) is 0 Å². The predicted molar refractivity (Wildman–Crippen MR) is 74.9 cm³/mol. The molecule has 0 saturated heterocycles. The summed E-state index contributed by atoms with van der Waals surface area (Å²) in [6.45, 7) is 4.85. The van der Waals surface area contributed by atoms with Crippen molar-refractivity contribution in [2.24, 2.45) is 5.92 Å². The lowest BCUT2D eigenvalue weighted by Crippen LogP contribution is -2.48. The van der Waals surface area contributed by atoms with Crippen molar-refractivity contribution < 1.29 is 19.5 Å². The van der Waals surface area contributed by atoms with Gasteiger partial charge in [0.2, 0.25) is 5.91 Å².